The van der Waals surface area contributed by atoms with Gasteiger partial charge in [0.1, 0.15) is 0 Å². The Bertz CT molecular complexity index is 673. The van der Waals surface area contributed by atoms with Gasteiger partial charge in [-0.15, -0.1) is 0 Å². The van der Waals surface area contributed by atoms with Gasteiger partial charge in [-0.05, 0) is 49.8 Å². The highest BCUT2D eigenvalue weighted by atomic mass is 16.1. The molecule has 1 heterocycles. The fourth-order valence-corrected chi connectivity index (χ4v) is 3.09. The van der Waals surface area contributed by atoms with Crippen molar-refractivity contribution in [3.05, 3.63) is 52.3 Å². The zero-order chi connectivity index (χ0) is 14.8. The van der Waals surface area contributed by atoms with Crippen molar-refractivity contribution in [1.29, 1.82) is 0 Å². The van der Waals surface area contributed by atoms with E-state index in [0.29, 0.717) is 6.54 Å². The standard InChI is InChI=1S/C17H21N3O/c1-12-7-3-4-8-13(12)17(21)18-11-15-14-9-5-6-10-16(14)20(2)19-15/h3-4,7-8H,5-6,9-11H2,1-2H3,(H,18,21). The molecule has 110 valence electrons. The Hall–Kier alpha value is -2.10. The number of aromatic nitrogens is 2. The van der Waals surface area contributed by atoms with Gasteiger partial charge >= 0.3 is 0 Å². The van der Waals surface area contributed by atoms with Gasteiger partial charge < -0.3 is 5.32 Å². The van der Waals surface area contributed by atoms with E-state index >= 15 is 0 Å². The van der Waals surface area contributed by atoms with E-state index in [1.165, 1.54) is 24.1 Å². The van der Waals surface area contributed by atoms with Crippen molar-refractivity contribution in [1.82, 2.24) is 15.1 Å². The lowest BCUT2D eigenvalue weighted by molar-refractivity contribution is 0.0949. The maximum atomic E-state index is 12.3. The highest BCUT2D eigenvalue weighted by Gasteiger charge is 2.19. The topological polar surface area (TPSA) is 46.9 Å². The van der Waals surface area contributed by atoms with Crippen molar-refractivity contribution in [3.8, 4) is 0 Å². The Kier molecular flexibility index (Phi) is 3.78. The Balaban J connectivity index is 1.74. The molecule has 1 aromatic heterocycles. The van der Waals surface area contributed by atoms with Gasteiger partial charge in [0, 0.05) is 18.3 Å². The molecule has 0 saturated carbocycles. The number of nitrogens with one attached hydrogen (secondary N) is 1. The number of hydrogen-bond donors (Lipinski definition) is 1. The largest absolute Gasteiger partial charge is 0.346 e. The van der Waals surface area contributed by atoms with Crippen molar-refractivity contribution in [2.45, 2.75) is 39.2 Å². The summed E-state index contributed by atoms with van der Waals surface area (Å²) in [5.41, 5.74) is 5.43. The first-order valence-corrected chi connectivity index (χ1v) is 7.54. The maximum absolute atomic E-state index is 12.3. The average molecular weight is 283 g/mol. The molecule has 0 spiro atoms. The maximum Gasteiger partial charge on any atom is 0.251 e. The highest BCUT2D eigenvalue weighted by Crippen LogP contribution is 2.23. The van der Waals surface area contributed by atoms with Crippen molar-refractivity contribution in [2.24, 2.45) is 7.05 Å². The Morgan fingerprint density at radius 1 is 1.29 bits per heavy atom. The van der Waals surface area contributed by atoms with Crippen LogP contribution < -0.4 is 5.32 Å². The number of amides is 1. The third-order valence-electron chi connectivity index (χ3n) is 4.25. The zero-order valence-corrected chi connectivity index (χ0v) is 12.6. The van der Waals surface area contributed by atoms with Crippen LogP contribution in [0, 0.1) is 6.92 Å². The minimum absolute atomic E-state index is 0.0247. The normalized spacial score (nSPS) is 13.8. The third kappa shape index (κ3) is 2.71. The van der Waals surface area contributed by atoms with Gasteiger partial charge in [0.25, 0.3) is 5.91 Å². The molecule has 4 nitrogen and oxygen atoms in total. The summed E-state index contributed by atoms with van der Waals surface area (Å²) < 4.78 is 1.98. The molecule has 21 heavy (non-hydrogen) atoms. The van der Waals surface area contributed by atoms with E-state index in [4.69, 9.17) is 0 Å². The van der Waals surface area contributed by atoms with Crippen LogP contribution in [0.5, 0.6) is 0 Å². The second-order valence-electron chi connectivity index (χ2n) is 5.70. The van der Waals surface area contributed by atoms with Gasteiger partial charge in [0.15, 0.2) is 0 Å². The molecule has 0 fully saturated rings. The van der Waals surface area contributed by atoms with E-state index in [0.717, 1.165) is 29.7 Å². The Labute approximate surface area is 125 Å². The fourth-order valence-electron chi connectivity index (χ4n) is 3.09. The first kappa shape index (κ1) is 13.9. The quantitative estimate of drug-likeness (QED) is 0.941. The Morgan fingerprint density at radius 2 is 2.05 bits per heavy atom. The molecule has 1 aromatic carbocycles. The van der Waals surface area contributed by atoms with E-state index in [9.17, 15) is 4.79 Å². The van der Waals surface area contributed by atoms with Gasteiger partial charge in [-0.2, -0.15) is 5.10 Å². The number of nitrogens with zero attached hydrogens (tertiary/aromatic N) is 2. The van der Waals surface area contributed by atoms with Crippen molar-refractivity contribution in [2.75, 3.05) is 0 Å². The predicted octanol–water partition coefficient (Wildman–Crippen LogP) is 2.54. The van der Waals surface area contributed by atoms with Crippen molar-refractivity contribution >= 4 is 5.91 Å². The molecular weight excluding hydrogens is 262 g/mol. The van der Waals surface area contributed by atoms with Gasteiger partial charge in [-0.25, -0.2) is 0 Å². The van der Waals surface area contributed by atoms with E-state index in [1.54, 1.807) is 0 Å². The molecule has 0 aliphatic heterocycles. The summed E-state index contributed by atoms with van der Waals surface area (Å²) >= 11 is 0. The first-order chi connectivity index (χ1) is 10.2. The monoisotopic (exact) mass is 283 g/mol. The molecular formula is C17H21N3O. The smallest absolute Gasteiger partial charge is 0.251 e. The number of rotatable bonds is 3. The lowest BCUT2D eigenvalue weighted by Crippen LogP contribution is -2.24. The number of carbonyl (C=O) groups is 1. The van der Waals surface area contributed by atoms with Crippen LogP contribution in [0.4, 0.5) is 0 Å². The molecule has 1 amide bonds. The number of aryl methyl sites for hydroxylation is 2. The first-order valence-electron chi connectivity index (χ1n) is 7.54. The number of fused-ring (bicyclic) bond motifs is 1. The van der Waals surface area contributed by atoms with Crippen LogP contribution in [0.25, 0.3) is 0 Å². The van der Waals surface area contributed by atoms with Gasteiger partial charge in [0.05, 0.1) is 12.2 Å². The highest BCUT2D eigenvalue weighted by molar-refractivity contribution is 5.95. The molecule has 0 atom stereocenters. The molecule has 2 aromatic rings. The molecule has 0 unspecified atom stereocenters. The van der Waals surface area contributed by atoms with Crippen LogP contribution in [-0.4, -0.2) is 15.7 Å². The predicted molar refractivity (Wildman–Crippen MR) is 82.2 cm³/mol. The minimum atomic E-state index is -0.0247. The minimum Gasteiger partial charge on any atom is -0.346 e. The van der Waals surface area contributed by atoms with Crippen molar-refractivity contribution < 1.29 is 4.79 Å². The second-order valence-corrected chi connectivity index (χ2v) is 5.70. The SMILES string of the molecule is Cc1ccccc1C(=O)NCc1nn(C)c2c1CCCC2. The van der Waals surface area contributed by atoms with Crippen LogP contribution in [0.2, 0.25) is 0 Å². The molecule has 1 N–H and O–H groups in total. The Morgan fingerprint density at radius 3 is 2.86 bits per heavy atom. The summed E-state index contributed by atoms with van der Waals surface area (Å²) in [6, 6.07) is 7.65. The molecule has 1 aliphatic rings. The second kappa shape index (κ2) is 5.72. The van der Waals surface area contributed by atoms with E-state index < -0.39 is 0 Å². The van der Waals surface area contributed by atoms with Crippen LogP contribution in [0.1, 0.15) is 45.7 Å². The van der Waals surface area contributed by atoms with E-state index in [2.05, 4.69) is 10.4 Å². The molecule has 4 heteroatoms. The van der Waals surface area contributed by atoms with Gasteiger partial charge in [-0.1, -0.05) is 18.2 Å². The van der Waals surface area contributed by atoms with Crippen LogP contribution in [-0.2, 0) is 26.4 Å². The molecule has 0 bridgehead atoms. The summed E-state index contributed by atoms with van der Waals surface area (Å²) in [6.07, 6.45) is 4.64. The summed E-state index contributed by atoms with van der Waals surface area (Å²) in [6.45, 7) is 2.47. The number of carbonyl (C=O) groups excluding carboxylic acids is 1. The zero-order valence-electron chi connectivity index (χ0n) is 12.6. The number of benzene rings is 1. The fraction of sp³-hybridized carbons (Fsp3) is 0.412. The number of hydrogen-bond acceptors (Lipinski definition) is 2. The lowest BCUT2D eigenvalue weighted by atomic mass is 9.95. The van der Waals surface area contributed by atoms with Crippen LogP contribution >= 0.6 is 0 Å². The van der Waals surface area contributed by atoms with Gasteiger partial charge in [-0.3, -0.25) is 9.48 Å². The summed E-state index contributed by atoms with van der Waals surface area (Å²) in [5, 5.41) is 7.59. The van der Waals surface area contributed by atoms with E-state index in [1.807, 2.05) is 42.9 Å². The molecule has 3 rings (SSSR count). The summed E-state index contributed by atoms with van der Waals surface area (Å²) in [4.78, 5) is 12.3. The van der Waals surface area contributed by atoms with Gasteiger partial charge in [0.2, 0.25) is 0 Å². The van der Waals surface area contributed by atoms with Crippen LogP contribution in [0.3, 0.4) is 0 Å². The van der Waals surface area contributed by atoms with E-state index in [-0.39, 0.29) is 5.91 Å². The summed E-state index contributed by atoms with van der Waals surface area (Å²) in [5.74, 6) is -0.0247. The molecule has 0 radical (unpaired) electrons. The van der Waals surface area contributed by atoms with Crippen molar-refractivity contribution in [3.63, 3.8) is 0 Å². The van der Waals surface area contributed by atoms with Crippen LogP contribution in [0.15, 0.2) is 24.3 Å². The average Bonchev–Trinajstić information content (AvgIpc) is 2.82. The molecule has 0 saturated heterocycles. The lowest BCUT2D eigenvalue weighted by Gasteiger charge is -2.13. The summed E-state index contributed by atoms with van der Waals surface area (Å²) in [7, 11) is 2.00. The molecule has 1 aliphatic carbocycles. The third-order valence-corrected chi connectivity index (χ3v) is 4.25.